The maximum Gasteiger partial charge on any atom is 2.00 e. The molecular weight excluding hydrogens is 170 g/mol. The number of carboxylic acid groups (broad SMARTS) is 2. The average Bonchev–Trinajstić information content (AvgIpc) is 1.25. The third kappa shape index (κ3) is 6140. The minimum Gasteiger partial charge on any atom is -0.652 e. The van der Waals surface area contributed by atoms with Crippen LogP contribution in [0.25, 0.3) is 0 Å². The van der Waals surface area contributed by atoms with Crippen LogP contribution in [0, 0.1) is 5.41 Å². The third-order valence-electron chi connectivity index (χ3n) is 0. The van der Waals surface area contributed by atoms with Crippen molar-refractivity contribution in [1.82, 2.24) is 0 Å². The fourth-order valence-corrected chi connectivity index (χ4v) is 0. The molecule has 7 nitrogen and oxygen atoms in total. The van der Waals surface area contributed by atoms with E-state index in [1.54, 1.807) is 0 Å². The van der Waals surface area contributed by atoms with Crippen LogP contribution in [0.5, 0.6) is 0 Å². The van der Waals surface area contributed by atoms with Gasteiger partial charge in [-0.2, -0.15) is 0 Å². The van der Waals surface area contributed by atoms with Crippen LogP contribution in [0.1, 0.15) is 0 Å². The summed E-state index contributed by atoms with van der Waals surface area (Å²) in [4.78, 5) is 8.33. The molecule has 0 rings (SSSR count). The van der Waals surface area contributed by atoms with Gasteiger partial charge in [0.05, 0.1) is 0 Å². The van der Waals surface area contributed by atoms with Crippen molar-refractivity contribution in [2.24, 2.45) is 11.5 Å². The van der Waals surface area contributed by atoms with Crippen LogP contribution < -0.4 is 21.7 Å². The molecule has 0 fully saturated rings. The summed E-state index contributed by atoms with van der Waals surface area (Å²) >= 11 is 0. The summed E-state index contributed by atoms with van der Waals surface area (Å²) in [7, 11) is 0. The Hall–Kier alpha value is -0.240. The molecule has 0 aliphatic rings. The monoisotopic (exact) mass is 176 g/mol. The molecule has 0 atom stereocenters. The Morgan fingerprint density at radius 2 is 1.30 bits per heavy atom. The zero-order valence-corrected chi connectivity index (χ0v) is 7.24. The predicted molar refractivity (Wildman–Crippen MR) is 29.2 cm³/mol. The fraction of sp³-hybridized carbons (Fsp3) is 0. The van der Waals surface area contributed by atoms with Gasteiger partial charge >= 0.3 is 37.7 Å². The number of hydrogen-bond acceptors (Lipinski definition) is 4. The van der Waals surface area contributed by atoms with Crippen LogP contribution in [0.3, 0.4) is 0 Å². The van der Waals surface area contributed by atoms with E-state index >= 15 is 0 Å². The van der Waals surface area contributed by atoms with E-state index in [0.717, 1.165) is 0 Å². The molecule has 8 heteroatoms. The number of carbonyl (C=O) groups excluding carboxylic acids is 1. The molecule has 0 amide bonds. The van der Waals surface area contributed by atoms with Crippen molar-refractivity contribution < 1.29 is 20.5 Å². The van der Waals surface area contributed by atoms with Gasteiger partial charge in [0.15, 0.2) is 5.96 Å². The Labute approximate surface area is 86.8 Å². The fourth-order valence-electron chi connectivity index (χ4n) is 0. The maximum absolute atomic E-state index is 8.33. The zero-order valence-electron chi connectivity index (χ0n) is 5.03. The molecule has 0 saturated heterocycles. The molecular formula is C2H6CaN3O4. The number of nitrogens with one attached hydrogen (secondary N) is 1. The van der Waals surface area contributed by atoms with E-state index in [1.165, 1.54) is 0 Å². The molecule has 55 valence electrons. The normalized spacial score (nSPS) is 4.80. The predicted octanol–water partition coefficient (Wildman–Crippen LogP) is -4.17. The van der Waals surface area contributed by atoms with Gasteiger partial charge in [-0.15, -0.1) is 0 Å². The molecule has 0 unspecified atom stereocenters. The van der Waals surface area contributed by atoms with E-state index in [4.69, 9.17) is 20.4 Å². The Kier molecular flexibility index (Phi) is 35.9. The van der Waals surface area contributed by atoms with Crippen LogP contribution in [0.4, 0.5) is 4.79 Å². The van der Waals surface area contributed by atoms with E-state index in [1.807, 2.05) is 0 Å². The largest absolute Gasteiger partial charge is 2.00 e. The van der Waals surface area contributed by atoms with Crippen LogP contribution in [0.15, 0.2) is 0 Å². The molecule has 10 heavy (non-hydrogen) atoms. The van der Waals surface area contributed by atoms with Gasteiger partial charge in [0.25, 0.3) is 0 Å². The number of guanidine groups is 1. The second kappa shape index (κ2) is 15.9. The Morgan fingerprint density at radius 3 is 1.30 bits per heavy atom. The van der Waals surface area contributed by atoms with Crippen molar-refractivity contribution in [2.45, 2.75) is 0 Å². The molecule has 0 aromatic rings. The van der Waals surface area contributed by atoms with Crippen molar-refractivity contribution in [2.75, 3.05) is 0 Å². The van der Waals surface area contributed by atoms with Crippen molar-refractivity contribution in [1.29, 1.82) is 5.41 Å². The molecule has 0 aliphatic heterocycles. The number of carbonyl (C=O) groups is 1. The summed E-state index contributed by atoms with van der Waals surface area (Å²) in [5.41, 5.74) is 8.94. The second-order valence-electron chi connectivity index (χ2n) is 0.705. The van der Waals surface area contributed by atoms with E-state index in [9.17, 15) is 0 Å². The number of hydrogen-bond donors (Lipinski definition) is 4. The van der Waals surface area contributed by atoms with Gasteiger partial charge in [-0.25, -0.2) is 0 Å². The minimum absolute atomic E-state index is 0. The summed E-state index contributed by atoms with van der Waals surface area (Å²) in [5, 5.41) is 22.7. The summed E-state index contributed by atoms with van der Waals surface area (Å²) < 4.78 is 0. The molecule has 0 bridgehead atoms. The van der Waals surface area contributed by atoms with Crippen LogP contribution in [-0.4, -0.2) is 55.3 Å². The molecule has 0 aromatic carbocycles. The Balaban J connectivity index is -0.0000000300. The van der Waals surface area contributed by atoms with Gasteiger partial charge in [0, 0.05) is 0 Å². The molecule has 6 N–H and O–H groups in total. The van der Waals surface area contributed by atoms with Gasteiger partial charge in [0.1, 0.15) is 0 Å². The van der Waals surface area contributed by atoms with Crippen LogP contribution >= 0.6 is 0 Å². The Bertz CT molecular complexity index is 76.5. The molecule has 0 heterocycles. The van der Waals surface area contributed by atoms with Gasteiger partial charge in [-0.3, -0.25) is 10.9 Å². The second-order valence-corrected chi connectivity index (χ2v) is 0.705. The smallest absolute Gasteiger partial charge is 0.652 e. The van der Waals surface area contributed by atoms with Gasteiger partial charge in [-0.1, -0.05) is 0 Å². The number of rotatable bonds is 0. The van der Waals surface area contributed by atoms with Gasteiger partial charge in [-0.05, 0) is 6.16 Å². The molecule has 0 aliphatic carbocycles. The standard InChI is InChI=1S/CH5N3.CH2O3.Ca.HO/c2*2-1(3)4;;/h(H5,2,3,4);(H2,2,3,4);;1H/q;;+2;/p-2. The third-order valence-corrected chi connectivity index (χ3v) is 0. The first-order valence-electron chi connectivity index (χ1n) is 1.44. The van der Waals surface area contributed by atoms with Crippen molar-refractivity contribution in [3.8, 4) is 0 Å². The quantitative estimate of drug-likeness (QED) is 0.166. The van der Waals surface area contributed by atoms with Crippen LogP contribution in [0.2, 0.25) is 0 Å². The van der Waals surface area contributed by atoms with Gasteiger partial charge < -0.3 is 26.5 Å². The SMILES string of the molecule is N=C(N)N.O=C([O-])[O-].[Ca+2].[OH]. The number of nitrogens with two attached hydrogens (primary N) is 2. The van der Waals surface area contributed by atoms with Crippen LogP contribution in [-0.2, 0) is 0 Å². The van der Waals surface area contributed by atoms with Crippen molar-refractivity contribution in [3.63, 3.8) is 0 Å². The first-order chi connectivity index (χ1) is 3.46. The Morgan fingerprint density at radius 1 is 1.30 bits per heavy atom. The van der Waals surface area contributed by atoms with Gasteiger partial charge in [0.2, 0.25) is 0 Å². The topological polar surface area (TPSA) is 169 Å². The average molecular weight is 176 g/mol. The van der Waals surface area contributed by atoms with E-state index in [0.29, 0.717) is 0 Å². The first-order valence-corrected chi connectivity index (χ1v) is 1.44. The molecule has 1 radical (unpaired) electrons. The molecule has 0 saturated carbocycles. The first kappa shape index (κ1) is 22.6. The summed E-state index contributed by atoms with van der Waals surface area (Å²) in [5.74, 6) is -0.333. The summed E-state index contributed by atoms with van der Waals surface area (Å²) in [6, 6.07) is 0. The van der Waals surface area contributed by atoms with E-state index < -0.39 is 6.16 Å². The summed E-state index contributed by atoms with van der Waals surface area (Å²) in [6.07, 6.45) is -2.33. The maximum atomic E-state index is 8.33. The van der Waals surface area contributed by atoms with Crippen molar-refractivity contribution in [3.05, 3.63) is 0 Å². The zero-order chi connectivity index (χ0) is 7.15. The van der Waals surface area contributed by atoms with E-state index in [-0.39, 0.29) is 49.2 Å². The van der Waals surface area contributed by atoms with Crippen molar-refractivity contribution >= 4 is 49.9 Å². The van der Waals surface area contributed by atoms with E-state index in [2.05, 4.69) is 11.5 Å². The molecule has 0 spiro atoms. The molecule has 0 aromatic heterocycles. The minimum atomic E-state index is -2.33. The summed E-state index contributed by atoms with van der Waals surface area (Å²) in [6.45, 7) is 0.